The third-order valence-corrected chi connectivity index (χ3v) is 5.76. The molecule has 0 aliphatic carbocycles. The van der Waals surface area contributed by atoms with Gasteiger partial charge in [0.1, 0.15) is 18.1 Å². The fourth-order valence-electron chi connectivity index (χ4n) is 3.48. The van der Waals surface area contributed by atoms with E-state index in [2.05, 4.69) is 11.6 Å². The van der Waals surface area contributed by atoms with Gasteiger partial charge in [-0.15, -0.1) is 11.3 Å². The minimum atomic E-state index is -1.01. The van der Waals surface area contributed by atoms with Crippen LogP contribution in [-0.2, 0) is 9.59 Å². The Morgan fingerprint density at radius 3 is 2.48 bits per heavy atom. The average Bonchev–Trinajstić information content (AvgIpc) is 3.44. The van der Waals surface area contributed by atoms with Gasteiger partial charge in [0.05, 0.1) is 16.5 Å². The van der Waals surface area contributed by atoms with Crippen molar-refractivity contribution < 1.29 is 24.4 Å². The molecule has 4 rings (SSSR count). The van der Waals surface area contributed by atoms with Gasteiger partial charge in [0.2, 0.25) is 0 Å². The van der Waals surface area contributed by atoms with Crippen LogP contribution in [0, 0.1) is 10.1 Å². The van der Waals surface area contributed by atoms with E-state index in [0.29, 0.717) is 23.5 Å². The molecule has 1 aliphatic heterocycles. The van der Waals surface area contributed by atoms with Crippen LogP contribution in [0.25, 0.3) is 5.76 Å². The van der Waals surface area contributed by atoms with Crippen molar-refractivity contribution >= 4 is 39.6 Å². The van der Waals surface area contributed by atoms with Crippen LogP contribution in [0.3, 0.4) is 0 Å². The zero-order chi connectivity index (χ0) is 23.5. The maximum atomic E-state index is 13.0. The van der Waals surface area contributed by atoms with E-state index in [9.17, 15) is 24.8 Å². The van der Waals surface area contributed by atoms with E-state index in [0.717, 1.165) is 11.3 Å². The fourth-order valence-corrected chi connectivity index (χ4v) is 4.15. The summed E-state index contributed by atoms with van der Waals surface area (Å²) in [7, 11) is 0. The molecule has 0 saturated carbocycles. The second-order valence-corrected chi connectivity index (χ2v) is 7.83. The number of anilines is 1. The SMILES string of the molecule is C=CCOc1ccc(/C(O)=C2\C(=O)C(=O)N(c3nccs3)[C@@H]2c2ccc([N+](=O)[O-])cc2)cc1. The highest BCUT2D eigenvalue weighted by molar-refractivity contribution is 7.14. The minimum Gasteiger partial charge on any atom is -0.507 e. The van der Waals surface area contributed by atoms with Gasteiger partial charge in [-0.2, -0.15) is 0 Å². The third-order valence-electron chi connectivity index (χ3n) is 4.99. The predicted octanol–water partition coefficient (Wildman–Crippen LogP) is 4.24. The van der Waals surface area contributed by atoms with Crippen LogP contribution < -0.4 is 9.64 Å². The number of non-ortho nitro benzene ring substituents is 1. The van der Waals surface area contributed by atoms with Gasteiger partial charge >= 0.3 is 5.91 Å². The zero-order valence-electron chi connectivity index (χ0n) is 17.1. The Kier molecular flexibility index (Phi) is 6.01. The topological polar surface area (TPSA) is 123 Å². The Hall–Kier alpha value is -4.31. The van der Waals surface area contributed by atoms with E-state index in [4.69, 9.17) is 4.74 Å². The van der Waals surface area contributed by atoms with Crippen LogP contribution in [0.2, 0.25) is 0 Å². The first-order chi connectivity index (χ1) is 15.9. The van der Waals surface area contributed by atoms with Crippen LogP contribution in [0.15, 0.2) is 78.3 Å². The van der Waals surface area contributed by atoms with Crippen LogP contribution >= 0.6 is 11.3 Å². The molecule has 2 aromatic carbocycles. The Labute approximate surface area is 192 Å². The number of hydrogen-bond donors (Lipinski definition) is 1. The zero-order valence-corrected chi connectivity index (χ0v) is 17.9. The second-order valence-electron chi connectivity index (χ2n) is 6.96. The molecule has 3 aromatic rings. The molecule has 1 saturated heterocycles. The molecule has 1 atom stereocenters. The average molecular weight is 463 g/mol. The number of aliphatic hydroxyl groups is 1. The number of thiazole rings is 1. The summed E-state index contributed by atoms with van der Waals surface area (Å²) >= 11 is 1.16. The number of rotatable bonds is 7. The molecule has 0 radical (unpaired) electrons. The predicted molar refractivity (Wildman–Crippen MR) is 122 cm³/mol. The minimum absolute atomic E-state index is 0.135. The van der Waals surface area contributed by atoms with Crippen molar-refractivity contribution in [2.24, 2.45) is 0 Å². The number of carbonyl (C=O) groups excluding carboxylic acids is 2. The summed E-state index contributed by atoms with van der Waals surface area (Å²) in [5, 5.41) is 24.0. The van der Waals surface area contributed by atoms with E-state index < -0.39 is 22.7 Å². The lowest BCUT2D eigenvalue weighted by Crippen LogP contribution is -2.29. The smallest absolute Gasteiger partial charge is 0.301 e. The van der Waals surface area contributed by atoms with Gasteiger partial charge < -0.3 is 9.84 Å². The molecule has 10 heteroatoms. The second kappa shape index (κ2) is 9.05. The van der Waals surface area contributed by atoms with Gasteiger partial charge in [-0.1, -0.05) is 12.7 Å². The summed E-state index contributed by atoms with van der Waals surface area (Å²) in [6, 6.07) is 10.8. The van der Waals surface area contributed by atoms with Gasteiger partial charge in [0.25, 0.3) is 11.5 Å². The van der Waals surface area contributed by atoms with E-state index in [1.165, 1.54) is 35.4 Å². The van der Waals surface area contributed by atoms with Crippen molar-refractivity contribution in [2.45, 2.75) is 6.04 Å². The van der Waals surface area contributed by atoms with Crippen molar-refractivity contribution in [3.63, 3.8) is 0 Å². The van der Waals surface area contributed by atoms with Crippen LogP contribution in [0.4, 0.5) is 10.8 Å². The number of nitrogens with zero attached hydrogens (tertiary/aromatic N) is 3. The lowest BCUT2D eigenvalue weighted by Gasteiger charge is -2.22. The number of aromatic nitrogens is 1. The van der Waals surface area contributed by atoms with Crippen LogP contribution in [0.1, 0.15) is 17.2 Å². The number of Topliss-reactive ketones (excluding diaryl/α,β-unsaturated/α-hetero) is 1. The van der Waals surface area contributed by atoms with Crippen molar-refractivity contribution in [3.05, 3.63) is 99.6 Å². The monoisotopic (exact) mass is 463 g/mol. The molecule has 2 heterocycles. The maximum Gasteiger partial charge on any atom is 0.301 e. The highest BCUT2D eigenvalue weighted by atomic mass is 32.1. The Morgan fingerprint density at radius 2 is 1.91 bits per heavy atom. The van der Waals surface area contributed by atoms with Gasteiger partial charge in [0.15, 0.2) is 5.13 Å². The molecule has 1 aromatic heterocycles. The number of benzene rings is 2. The molecule has 1 aliphatic rings. The molecular weight excluding hydrogens is 446 g/mol. The first-order valence-electron chi connectivity index (χ1n) is 9.71. The van der Waals surface area contributed by atoms with Crippen molar-refractivity contribution in [2.75, 3.05) is 11.5 Å². The van der Waals surface area contributed by atoms with E-state index in [1.54, 1.807) is 35.7 Å². The summed E-state index contributed by atoms with van der Waals surface area (Å²) in [5.41, 5.74) is 0.455. The normalized spacial score (nSPS) is 17.2. The summed E-state index contributed by atoms with van der Waals surface area (Å²) in [5.74, 6) is -1.55. The molecule has 0 bridgehead atoms. The number of carbonyl (C=O) groups is 2. The Balaban J connectivity index is 1.83. The van der Waals surface area contributed by atoms with Crippen molar-refractivity contribution in [1.82, 2.24) is 4.98 Å². The van der Waals surface area contributed by atoms with Crippen molar-refractivity contribution in [3.8, 4) is 5.75 Å². The molecular formula is C23H17N3O6S. The molecule has 1 amide bonds. The summed E-state index contributed by atoms with van der Waals surface area (Å²) in [6.07, 6.45) is 3.09. The first-order valence-corrected chi connectivity index (χ1v) is 10.6. The molecule has 1 N–H and O–H groups in total. The van der Waals surface area contributed by atoms with E-state index >= 15 is 0 Å². The molecule has 1 fully saturated rings. The highest BCUT2D eigenvalue weighted by Gasteiger charge is 2.48. The van der Waals surface area contributed by atoms with Gasteiger partial charge in [-0.25, -0.2) is 4.98 Å². The molecule has 0 unspecified atom stereocenters. The molecule has 0 spiro atoms. The Morgan fingerprint density at radius 1 is 1.21 bits per heavy atom. The van der Waals surface area contributed by atoms with Crippen molar-refractivity contribution in [1.29, 1.82) is 0 Å². The number of nitro groups is 1. The fraction of sp³-hybridized carbons (Fsp3) is 0.0870. The van der Waals surface area contributed by atoms with Gasteiger partial charge in [-0.05, 0) is 42.0 Å². The molecule has 166 valence electrons. The number of ketones is 1. The number of ether oxygens (including phenoxy) is 1. The quantitative estimate of drug-likeness (QED) is 0.139. The van der Waals surface area contributed by atoms with E-state index in [-0.39, 0.29) is 22.2 Å². The number of amides is 1. The maximum absolute atomic E-state index is 13.0. The highest BCUT2D eigenvalue weighted by Crippen LogP contribution is 2.43. The van der Waals surface area contributed by atoms with Gasteiger partial charge in [0, 0.05) is 29.3 Å². The largest absolute Gasteiger partial charge is 0.507 e. The number of aliphatic hydroxyl groups excluding tert-OH is 1. The number of hydrogen-bond acceptors (Lipinski definition) is 8. The Bertz CT molecular complexity index is 1250. The lowest BCUT2D eigenvalue weighted by molar-refractivity contribution is -0.384. The lowest BCUT2D eigenvalue weighted by atomic mass is 9.95. The summed E-state index contributed by atoms with van der Waals surface area (Å²) in [6.45, 7) is 3.89. The molecule has 9 nitrogen and oxygen atoms in total. The van der Waals surface area contributed by atoms with Crippen LogP contribution in [-0.4, -0.2) is 33.3 Å². The van der Waals surface area contributed by atoms with Crippen LogP contribution in [0.5, 0.6) is 5.75 Å². The molecule has 33 heavy (non-hydrogen) atoms. The van der Waals surface area contributed by atoms with E-state index in [1.807, 2.05) is 0 Å². The summed E-state index contributed by atoms with van der Waals surface area (Å²) in [4.78, 5) is 41.8. The first kappa shape index (κ1) is 21.9. The standard InChI is InChI=1S/C23H17N3O6S/c1-2-12-32-17-9-5-15(6-10-17)20(27)18-19(14-3-7-16(8-4-14)26(30)31)25(22(29)21(18)28)23-24-11-13-33-23/h2-11,13,19,27H,1,12H2/b20-18+/t19-/m1/s1. The number of nitro benzene ring substituents is 1. The summed E-state index contributed by atoms with van der Waals surface area (Å²) < 4.78 is 5.43. The van der Waals surface area contributed by atoms with Gasteiger partial charge in [-0.3, -0.25) is 24.6 Å². The third kappa shape index (κ3) is 4.11.